The summed E-state index contributed by atoms with van der Waals surface area (Å²) in [6, 6.07) is 6.39. The van der Waals surface area contributed by atoms with Gasteiger partial charge in [-0.15, -0.1) is 11.3 Å². The Bertz CT molecular complexity index is 946. The van der Waals surface area contributed by atoms with E-state index in [0.717, 1.165) is 10.4 Å². The van der Waals surface area contributed by atoms with Crippen LogP contribution in [0.4, 0.5) is 11.4 Å². The number of thiophene rings is 1. The van der Waals surface area contributed by atoms with Crippen LogP contribution in [-0.2, 0) is 19.1 Å². The highest BCUT2D eigenvalue weighted by molar-refractivity contribution is 7.11. The molecule has 0 spiro atoms. The molecule has 0 saturated carbocycles. The first kappa shape index (κ1) is 21.0. The summed E-state index contributed by atoms with van der Waals surface area (Å²) in [4.78, 5) is 47.8. The number of carbonyl (C=O) groups is 4. The highest BCUT2D eigenvalue weighted by atomic mass is 32.1. The zero-order valence-electron chi connectivity index (χ0n) is 15.7. The maximum Gasteiger partial charge on any atom is 0.331 e. The lowest BCUT2D eigenvalue weighted by Crippen LogP contribution is -2.17. The van der Waals surface area contributed by atoms with Crippen LogP contribution < -0.4 is 10.6 Å². The number of esters is 1. The van der Waals surface area contributed by atoms with Crippen LogP contribution in [0, 0.1) is 6.92 Å². The van der Waals surface area contributed by atoms with Crippen molar-refractivity contribution in [2.24, 2.45) is 0 Å². The minimum atomic E-state index is -0.642. The lowest BCUT2D eigenvalue weighted by molar-refractivity contribution is -0.136. The van der Waals surface area contributed by atoms with Gasteiger partial charge in [-0.3, -0.25) is 14.4 Å². The Morgan fingerprint density at radius 3 is 2.39 bits per heavy atom. The summed E-state index contributed by atoms with van der Waals surface area (Å²) in [5.41, 5.74) is 1.88. The SMILES string of the molecule is CC(=O)Nc1ccc(C(=O)COC(=O)/C=C/c2sccc2C)c(NC(C)=O)c1. The number of Topliss-reactive ketones (excluding diaryl/α,β-unsaturated/α-hetero) is 1. The maximum atomic E-state index is 12.4. The first-order valence-corrected chi connectivity index (χ1v) is 9.25. The molecule has 0 aliphatic heterocycles. The van der Waals surface area contributed by atoms with Crippen molar-refractivity contribution >= 4 is 52.4 Å². The third kappa shape index (κ3) is 6.17. The first-order valence-electron chi connectivity index (χ1n) is 8.37. The molecule has 0 atom stereocenters. The van der Waals surface area contributed by atoms with Crippen molar-refractivity contribution in [1.29, 1.82) is 0 Å². The molecule has 0 bridgehead atoms. The van der Waals surface area contributed by atoms with E-state index in [-0.39, 0.29) is 23.1 Å². The molecular formula is C20H20N2O5S. The molecule has 0 aliphatic carbocycles. The highest BCUT2D eigenvalue weighted by Crippen LogP contribution is 2.22. The average Bonchev–Trinajstić information content (AvgIpc) is 3.02. The average molecular weight is 400 g/mol. The van der Waals surface area contributed by atoms with Crippen molar-refractivity contribution in [3.05, 3.63) is 51.7 Å². The summed E-state index contributed by atoms with van der Waals surface area (Å²) < 4.78 is 5.00. The van der Waals surface area contributed by atoms with Gasteiger partial charge in [0.25, 0.3) is 0 Å². The van der Waals surface area contributed by atoms with E-state index in [2.05, 4.69) is 10.6 Å². The van der Waals surface area contributed by atoms with E-state index < -0.39 is 18.4 Å². The topological polar surface area (TPSA) is 102 Å². The number of ether oxygens (including phenoxy) is 1. The zero-order valence-corrected chi connectivity index (χ0v) is 16.5. The van der Waals surface area contributed by atoms with Gasteiger partial charge < -0.3 is 15.4 Å². The van der Waals surface area contributed by atoms with Crippen LogP contribution >= 0.6 is 11.3 Å². The van der Waals surface area contributed by atoms with Crippen molar-refractivity contribution in [2.45, 2.75) is 20.8 Å². The third-order valence-electron chi connectivity index (χ3n) is 3.57. The Kier molecular flexibility index (Phi) is 7.22. The number of aryl methyl sites for hydroxylation is 1. The van der Waals surface area contributed by atoms with Crippen LogP contribution in [0.2, 0.25) is 0 Å². The Balaban J connectivity index is 2.06. The summed E-state index contributed by atoms with van der Waals surface area (Å²) in [5.74, 6) is -1.78. The van der Waals surface area contributed by atoms with E-state index in [0.29, 0.717) is 5.69 Å². The molecule has 8 heteroatoms. The fourth-order valence-corrected chi connectivity index (χ4v) is 3.14. The summed E-state index contributed by atoms with van der Waals surface area (Å²) in [6.45, 7) is 4.11. The quantitative estimate of drug-likeness (QED) is 0.421. The van der Waals surface area contributed by atoms with Crippen LogP contribution in [0.25, 0.3) is 6.08 Å². The molecule has 0 saturated heterocycles. The Morgan fingerprint density at radius 1 is 1.07 bits per heavy atom. The molecule has 0 aliphatic rings. The normalized spacial score (nSPS) is 10.5. The van der Waals surface area contributed by atoms with E-state index in [1.165, 1.54) is 49.5 Å². The summed E-state index contributed by atoms with van der Waals surface area (Å²) in [5, 5.41) is 7.03. The molecule has 7 nitrogen and oxygen atoms in total. The molecule has 1 aromatic heterocycles. The van der Waals surface area contributed by atoms with Crippen molar-refractivity contribution in [3.8, 4) is 0 Å². The number of carbonyl (C=O) groups excluding carboxylic acids is 4. The van der Waals surface area contributed by atoms with Gasteiger partial charge in [0.1, 0.15) is 0 Å². The van der Waals surface area contributed by atoms with Gasteiger partial charge in [-0.25, -0.2) is 4.79 Å². The standard InChI is InChI=1S/C20H20N2O5S/c1-12-8-9-28-19(12)6-7-20(26)27-11-18(25)16-5-4-15(21-13(2)23)10-17(16)22-14(3)24/h4-10H,11H2,1-3H3,(H,21,23)(H,22,24)/b7-6+. The molecule has 1 heterocycles. The predicted octanol–water partition coefficient (Wildman–Crippen LogP) is 3.41. The van der Waals surface area contributed by atoms with Crippen molar-refractivity contribution in [3.63, 3.8) is 0 Å². The van der Waals surface area contributed by atoms with Gasteiger partial charge in [-0.2, -0.15) is 0 Å². The lowest BCUT2D eigenvalue weighted by Gasteiger charge is -2.12. The second kappa shape index (κ2) is 9.61. The van der Waals surface area contributed by atoms with Crippen LogP contribution in [0.15, 0.2) is 35.7 Å². The minimum Gasteiger partial charge on any atom is -0.454 e. The van der Waals surface area contributed by atoms with Gasteiger partial charge in [0, 0.05) is 36.1 Å². The molecule has 0 radical (unpaired) electrons. The van der Waals surface area contributed by atoms with Crippen LogP contribution in [0.5, 0.6) is 0 Å². The van der Waals surface area contributed by atoms with E-state index >= 15 is 0 Å². The number of amides is 2. The van der Waals surface area contributed by atoms with Gasteiger partial charge in [-0.1, -0.05) is 0 Å². The number of benzene rings is 1. The predicted molar refractivity (Wildman–Crippen MR) is 108 cm³/mol. The lowest BCUT2D eigenvalue weighted by atomic mass is 10.1. The largest absolute Gasteiger partial charge is 0.454 e. The summed E-state index contributed by atoms with van der Waals surface area (Å²) >= 11 is 1.49. The Hall–Kier alpha value is -3.26. The smallest absolute Gasteiger partial charge is 0.331 e. The van der Waals surface area contributed by atoms with Crippen LogP contribution in [-0.4, -0.2) is 30.2 Å². The van der Waals surface area contributed by atoms with Crippen LogP contribution in [0.3, 0.4) is 0 Å². The Labute approximate surface area is 166 Å². The maximum absolute atomic E-state index is 12.4. The number of hydrogen-bond donors (Lipinski definition) is 2. The minimum absolute atomic E-state index is 0.176. The van der Waals surface area contributed by atoms with E-state index in [1.807, 2.05) is 18.4 Å². The van der Waals surface area contributed by atoms with Crippen LogP contribution in [0.1, 0.15) is 34.6 Å². The molecule has 0 unspecified atom stereocenters. The van der Waals surface area contributed by atoms with E-state index in [4.69, 9.17) is 4.74 Å². The molecule has 1 aromatic carbocycles. The molecule has 28 heavy (non-hydrogen) atoms. The second-order valence-corrected chi connectivity index (χ2v) is 6.90. The molecule has 0 fully saturated rings. The number of rotatable bonds is 7. The monoisotopic (exact) mass is 400 g/mol. The van der Waals surface area contributed by atoms with E-state index in [9.17, 15) is 19.2 Å². The summed E-state index contributed by atoms with van der Waals surface area (Å²) in [6.07, 6.45) is 2.90. The second-order valence-electron chi connectivity index (χ2n) is 5.95. The van der Waals surface area contributed by atoms with Crippen molar-refractivity contribution in [1.82, 2.24) is 0 Å². The fourth-order valence-electron chi connectivity index (χ4n) is 2.32. The van der Waals surface area contributed by atoms with Gasteiger partial charge in [0.15, 0.2) is 6.61 Å². The first-order chi connectivity index (χ1) is 13.3. The van der Waals surface area contributed by atoms with Gasteiger partial charge in [0.2, 0.25) is 17.6 Å². The number of hydrogen-bond acceptors (Lipinski definition) is 6. The zero-order chi connectivity index (χ0) is 20.7. The third-order valence-corrected chi connectivity index (χ3v) is 4.55. The molecule has 2 N–H and O–H groups in total. The van der Waals surface area contributed by atoms with Crippen molar-refractivity contribution in [2.75, 3.05) is 17.2 Å². The van der Waals surface area contributed by atoms with Crippen molar-refractivity contribution < 1.29 is 23.9 Å². The molecule has 146 valence electrons. The fraction of sp³-hybridized carbons (Fsp3) is 0.200. The number of nitrogens with one attached hydrogen (secondary N) is 2. The summed E-state index contributed by atoms with van der Waals surface area (Å²) in [7, 11) is 0. The van der Waals surface area contributed by atoms with Gasteiger partial charge in [-0.05, 0) is 48.2 Å². The van der Waals surface area contributed by atoms with Gasteiger partial charge >= 0.3 is 5.97 Å². The van der Waals surface area contributed by atoms with E-state index in [1.54, 1.807) is 6.08 Å². The molecule has 2 aromatic rings. The molecule has 2 rings (SSSR count). The highest BCUT2D eigenvalue weighted by Gasteiger charge is 2.15. The number of ketones is 1. The molecular weight excluding hydrogens is 380 g/mol. The Morgan fingerprint density at radius 2 is 1.79 bits per heavy atom. The molecule has 2 amide bonds. The number of anilines is 2. The van der Waals surface area contributed by atoms with Gasteiger partial charge in [0.05, 0.1) is 5.69 Å².